The number of hydrogen-bond acceptors (Lipinski definition) is 3. The molecule has 19 heavy (non-hydrogen) atoms. The van der Waals surface area contributed by atoms with E-state index < -0.39 is 11.6 Å². The molecule has 2 rings (SSSR count). The Hall–Kier alpha value is -1.52. The Bertz CT molecular complexity index is 376. The van der Waals surface area contributed by atoms with Crippen molar-refractivity contribution in [2.75, 3.05) is 6.61 Å². The first-order valence-electron chi connectivity index (χ1n) is 6.56. The molecule has 1 aromatic rings. The molecular formula is C14H19F2NO2. The van der Waals surface area contributed by atoms with Crippen LogP contribution < -0.4 is 0 Å². The molecular weight excluding hydrogens is 252 g/mol. The second kappa shape index (κ2) is 8.56. The van der Waals surface area contributed by atoms with Gasteiger partial charge in [-0.1, -0.05) is 19.3 Å². The molecule has 0 unspecified atom stereocenters. The van der Waals surface area contributed by atoms with Crippen molar-refractivity contribution in [2.24, 2.45) is 5.92 Å². The summed E-state index contributed by atoms with van der Waals surface area (Å²) >= 11 is 0. The minimum atomic E-state index is -0.648. The van der Waals surface area contributed by atoms with Crippen LogP contribution >= 0.6 is 0 Å². The van der Waals surface area contributed by atoms with Gasteiger partial charge in [0.1, 0.15) is 11.6 Å². The second-order valence-electron chi connectivity index (χ2n) is 4.41. The van der Waals surface area contributed by atoms with Crippen molar-refractivity contribution in [3.05, 3.63) is 30.1 Å². The van der Waals surface area contributed by atoms with Gasteiger partial charge in [0.15, 0.2) is 0 Å². The number of pyridine rings is 1. The average molecular weight is 271 g/mol. The van der Waals surface area contributed by atoms with Crippen LogP contribution in [0.4, 0.5) is 8.78 Å². The van der Waals surface area contributed by atoms with E-state index in [0.29, 0.717) is 6.61 Å². The van der Waals surface area contributed by atoms with Crippen LogP contribution in [-0.4, -0.2) is 17.6 Å². The fraction of sp³-hybridized carbons (Fsp3) is 0.571. The maximum absolute atomic E-state index is 11.9. The smallest absolute Gasteiger partial charge is 0.308 e. The van der Waals surface area contributed by atoms with Gasteiger partial charge in [0.2, 0.25) is 0 Å². The number of carbonyl (C=O) groups is 1. The number of rotatable bonds is 2. The van der Waals surface area contributed by atoms with Crippen molar-refractivity contribution < 1.29 is 18.3 Å². The number of esters is 1. The number of carbonyl (C=O) groups excluding carboxylic acids is 1. The maximum Gasteiger partial charge on any atom is 0.308 e. The Morgan fingerprint density at radius 3 is 2.26 bits per heavy atom. The molecule has 5 heteroatoms. The molecule has 0 aliphatic heterocycles. The van der Waals surface area contributed by atoms with Gasteiger partial charge in [-0.2, -0.15) is 0 Å². The molecule has 0 spiro atoms. The summed E-state index contributed by atoms with van der Waals surface area (Å²) < 4.78 is 28.7. The van der Waals surface area contributed by atoms with E-state index in [2.05, 4.69) is 4.98 Å². The summed E-state index contributed by atoms with van der Waals surface area (Å²) in [5, 5.41) is 0. The van der Waals surface area contributed by atoms with E-state index in [0.717, 1.165) is 31.3 Å². The van der Waals surface area contributed by atoms with Gasteiger partial charge >= 0.3 is 5.97 Å². The third-order valence-electron chi connectivity index (χ3n) is 2.90. The molecule has 0 atom stereocenters. The zero-order chi connectivity index (χ0) is 14.1. The van der Waals surface area contributed by atoms with E-state index >= 15 is 0 Å². The first-order chi connectivity index (χ1) is 9.13. The van der Waals surface area contributed by atoms with Gasteiger partial charge in [0.05, 0.1) is 24.9 Å². The standard InChI is InChI=1S/C9H16O2.C5H3F2N/c1-2-11-9(10)8-6-4-3-5-7-8;6-4-1-5(7)3-8-2-4/h8H,2-7H2,1H3;1-3H. The summed E-state index contributed by atoms with van der Waals surface area (Å²) in [6.07, 6.45) is 7.66. The molecule has 1 aliphatic rings. The molecule has 0 radical (unpaired) electrons. The SMILES string of the molecule is CCOC(=O)C1CCCCC1.Fc1cncc(F)c1. The molecule has 1 heterocycles. The van der Waals surface area contributed by atoms with Crippen LogP contribution in [0.15, 0.2) is 18.5 Å². The largest absolute Gasteiger partial charge is 0.466 e. The molecule has 1 aromatic heterocycles. The van der Waals surface area contributed by atoms with E-state index in [1.165, 1.54) is 19.3 Å². The van der Waals surface area contributed by atoms with Crippen LogP contribution in [0.2, 0.25) is 0 Å². The minimum Gasteiger partial charge on any atom is -0.466 e. The Morgan fingerprint density at radius 2 is 1.84 bits per heavy atom. The summed E-state index contributed by atoms with van der Waals surface area (Å²) in [4.78, 5) is 14.4. The predicted molar refractivity (Wildman–Crippen MR) is 67.4 cm³/mol. The topological polar surface area (TPSA) is 39.2 Å². The molecule has 106 valence electrons. The Kier molecular flexibility index (Phi) is 7.00. The van der Waals surface area contributed by atoms with Gasteiger partial charge in [0.25, 0.3) is 0 Å². The summed E-state index contributed by atoms with van der Waals surface area (Å²) in [7, 11) is 0. The van der Waals surface area contributed by atoms with Crippen molar-refractivity contribution in [1.29, 1.82) is 0 Å². The summed E-state index contributed by atoms with van der Waals surface area (Å²) in [5.74, 6) is -1.06. The number of hydrogen-bond donors (Lipinski definition) is 0. The van der Waals surface area contributed by atoms with E-state index in [1.807, 2.05) is 6.92 Å². The monoisotopic (exact) mass is 271 g/mol. The zero-order valence-electron chi connectivity index (χ0n) is 11.1. The number of nitrogens with zero attached hydrogens (tertiary/aromatic N) is 1. The van der Waals surface area contributed by atoms with E-state index in [4.69, 9.17) is 4.74 Å². The molecule has 0 aromatic carbocycles. The highest BCUT2D eigenvalue weighted by atomic mass is 19.1. The number of aromatic nitrogens is 1. The van der Waals surface area contributed by atoms with Crippen molar-refractivity contribution in [3.63, 3.8) is 0 Å². The zero-order valence-corrected chi connectivity index (χ0v) is 11.1. The second-order valence-corrected chi connectivity index (χ2v) is 4.41. The van der Waals surface area contributed by atoms with E-state index in [9.17, 15) is 13.6 Å². The lowest BCUT2D eigenvalue weighted by Gasteiger charge is -2.19. The molecule has 0 bridgehead atoms. The van der Waals surface area contributed by atoms with Gasteiger partial charge in [-0.3, -0.25) is 9.78 Å². The van der Waals surface area contributed by atoms with Crippen molar-refractivity contribution in [2.45, 2.75) is 39.0 Å². The molecule has 0 saturated heterocycles. The third kappa shape index (κ3) is 6.27. The van der Waals surface area contributed by atoms with Gasteiger partial charge in [-0.05, 0) is 19.8 Å². The fourth-order valence-electron chi connectivity index (χ4n) is 1.98. The van der Waals surface area contributed by atoms with Crippen LogP contribution in [0.5, 0.6) is 0 Å². The highest BCUT2D eigenvalue weighted by Gasteiger charge is 2.21. The van der Waals surface area contributed by atoms with Gasteiger partial charge in [0, 0.05) is 6.07 Å². The Morgan fingerprint density at radius 1 is 1.26 bits per heavy atom. The van der Waals surface area contributed by atoms with Crippen molar-refractivity contribution >= 4 is 5.97 Å². The van der Waals surface area contributed by atoms with Gasteiger partial charge < -0.3 is 4.74 Å². The number of ether oxygens (including phenoxy) is 1. The van der Waals surface area contributed by atoms with Crippen LogP contribution in [0, 0.1) is 17.6 Å². The average Bonchev–Trinajstić information content (AvgIpc) is 2.40. The van der Waals surface area contributed by atoms with Crippen molar-refractivity contribution in [3.8, 4) is 0 Å². The third-order valence-corrected chi connectivity index (χ3v) is 2.90. The predicted octanol–water partition coefficient (Wildman–Crippen LogP) is 3.49. The highest BCUT2D eigenvalue weighted by Crippen LogP contribution is 2.24. The van der Waals surface area contributed by atoms with Crippen LogP contribution in [-0.2, 0) is 9.53 Å². The first kappa shape index (κ1) is 15.5. The Labute approximate surface area is 112 Å². The van der Waals surface area contributed by atoms with Crippen LogP contribution in [0.25, 0.3) is 0 Å². The van der Waals surface area contributed by atoms with E-state index in [-0.39, 0.29) is 11.9 Å². The lowest BCUT2D eigenvalue weighted by atomic mass is 9.89. The molecule has 3 nitrogen and oxygen atoms in total. The quantitative estimate of drug-likeness (QED) is 0.773. The summed E-state index contributed by atoms with van der Waals surface area (Å²) in [5.41, 5.74) is 0. The van der Waals surface area contributed by atoms with Crippen LogP contribution in [0.1, 0.15) is 39.0 Å². The molecule has 1 aliphatic carbocycles. The fourth-order valence-corrected chi connectivity index (χ4v) is 1.98. The van der Waals surface area contributed by atoms with E-state index in [1.54, 1.807) is 0 Å². The first-order valence-corrected chi connectivity index (χ1v) is 6.56. The lowest BCUT2D eigenvalue weighted by molar-refractivity contribution is -0.149. The normalized spacial score (nSPS) is 15.3. The molecule has 0 amide bonds. The van der Waals surface area contributed by atoms with Gasteiger partial charge in [-0.25, -0.2) is 8.78 Å². The molecule has 1 fully saturated rings. The lowest BCUT2D eigenvalue weighted by Crippen LogP contribution is -2.20. The van der Waals surface area contributed by atoms with Gasteiger partial charge in [-0.15, -0.1) is 0 Å². The highest BCUT2D eigenvalue weighted by molar-refractivity contribution is 5.72. The molecule has 0 N–H and O–H groups in total. The minimum absolute atomic E-state index is 0.0206. The summed E-state index contributed by atoms with van der Waals surface area (Å²) in [6.45, 7) is 2.38. The number of halogens is 2. The van der Waals surface area contributed by atoms with Crippen LogP contribution in [0.3, 0.4) is 0 Å². The maximum atomic E-state index is 11.9. The van der Waals surface area contributed by atoms with Crippen molar-refractivity contribution in [1.82, 2.24) is 4.98 Å². The molecule has 1 saturated carbocycles. The summed E-state index contributed by atoms with van der Waals surface area (Å²) in [6, 6.07) is 0.771. The Balaban J connectivity index is 0.000000200.